The molecule has 0 radical (unpaired) electrons. The number of pyridine rings is 1. The summed E-state index contributed by atoms with van der Waals surface area (Å²) < 4.78 is 3.21. The van der Waals surface area contributed by atoms with E-state index >= 15 is 0 Å². The van der Waals surface area contributed by atoms with E-state index in [1.165, 1.54) is 16.0 Å². The number of nitrogens with one attached hydrogen (secondary N) is 1. The van der Waals surface area contributed by atoms with E-state index in [1.807, 2.05) is 39.1 Å². The number of benzene rings is 1. The molecule has 1 N–H and O–H groups in total. The molecule has 1 aromatic heterocycles. The lowest BCUT2D eigenvalue weighted by molar-refractivity contribution is 1.27. The highest BCUT2D eigenvalue weighted by Gasteiger charge is 1.95. The van der Waals surface area contributed by atoms with Gasteiger partial charge in [0.25, 0.3) is 0 Å². The number of rotatable bonds is 3. The maximum absolute atomic E-state index is 4.28. The van der Waals surface area contributed by atoms with Gasteiger partial charge < -0.3 is 4.72 Å². The van der Waals surface area contributed by atoms with E-state index in [9.17, 15) is 0 Å². The van der Waals surface area contributed by atoms with Crippen molar-refractivity contribution in [3.8, 4) is 0 Å². The second-order valence-electron chi connectivity index (χ2n) is 3.74. The highest BCUT2D eigenvalue weighted by atomic mass is 32.2. The normalized spacial score (nSPS) is 9.33. The molecule has 18 heavy (non-hydrogen) atoms. The molecule has 0 aliphatic rings. The third kappa shape index (κ3) is 4.80. The van der Waals surface area contributed by atoms with Gasteiger partial charge in [0.2, 0.25) is 0 Å². The molecule has 0 aliphatic carbocycles. The average Bonchev–Trinajstić information content (AvgIpc) is 2.42. The third-order valence-electron chi connectivity index (χ3n) is 2.21. The van der Waals surface area contributed by atoms with Crippen molar-refractivity contribution < 1.29 is 0 Å². The van der Waals surface area contributed by atoms with E-state index in [-0.39, 0.29) is 0 Å². The van der Waals surface area contributed by atoms with Crippen LogP contribution >= 0.6 is 11.9 Å². The minimum Gasteiger partial charge on any atom is -0.310 e. The number of aromatic nitrogens is 1. The predicted molar refractivity (Wildman–Crippen MR) is 81.0 cm³/mol. The van der Waals surface area contributed by atoms with Gasteiger partial charge in [-0.3, -0.25) is 0 Å². The molecule has 0 spiro atoms. The molecule has 0 fully saturated rings. The SMILES string of the molecule is CC.Cc1ccc(SNc2ccc(C)cn2)cc1. The van der Waals surface area contributed by atoms with Crippen LogP contribution < -0.4 is 4.72 Å². The quantitative estimate of drug-likeness (QED) is 0.799. The van der Waals surface area contributed by atoms with Gasteiger partial charge in [-0.1, -0.05) is 37.6 Å². The van der Waals surface area contributed by atoms with E-state index in [0.29, 0.717) is 0 Å². The van der Waals surface area contributed by atoms with Crippen LogP contribution in [0.5, 0.6) is 0 Å². The van der Waals surface area contributed by atoms with Gasteiger partial charge in [-0.05, 0) is 49.6 Å². The molecular formula is C15H20N2S. The number of hydrogen-bond donors (Lipinski definition) is 1. The van der Waals surface area contributed by atoms with Crippen molar-refractivity contribution in [1.82, 2.24) is 4.98 Å². The molecule has 96 valence electrons. The van der Waals surface area contributed by atoms with E-state index in [1.54, 1.807) is 11.9 Å². The Kier molecular flexibility index (Phi) is 6.29. The Balaban J connectivity index is 0.000000771. The smallest absolute Gasteiger partial charge is 0.136 e. The van der Waals surface area contributed by atoms with Crippen molar-refractivity contribution in [3.05, 3.63) is 53.7 Å². The molecule has 1 aromatic carbocycles. The maximum Gasteiger partial charge on any atom is 0.136 e. The number of hydrogen-bond acceptors (Lipinski definition) is 3. The number of aryl methyl sites for hydroxylation is 2. The van der Waals surface area contributed by atoms with Gasteiger partial charge in [0.05, 0.1) is 0 Å². The van der Waals surface area contributed by atoms with Gasteiger partial charge in [0.1, 0.15) is 5.82 Å². The van der Waals surface area contributed by atoms with Crippen molar-refractivity contribution in [2.75, 3.05) is 4.72 Å². The fourth-order valence-corrected chi connectivity index (χ4v) is 1.86. The van der Waals surface area contributed by atoms with Crippen molar-refractivity contribution in [1.29, 1.82) is 0 Å². The molecule has 0 saturated heterocycles. The molecule has 0 atom stereocenters. The first-order valence-corrected chi connectivity index (χ1v) is 6.98. The van der Waals surface area contributed by atoms with Crippen LogP contribution in [0.2, 0.25) is 0 Å². The van der Waals surface area contributed by atoms with Crippen LogP contribution in [-0.4, -0.2) is 4.98 Å². The Hall–Kier alpha value is -1.48. The molecular weight excluding hydrogens is 240 g/mol. The zero-order valence-corrected chi connectivity index (χ0v) is 12.2. The fraction of sp³-hybridized carbons (Fsp3) is 0.267. The molecule has 2 rings (SSSR count). The summed E-state index contributed by atoms with van der Waals surface area (Å²) in [6.45, 7) is 8.12. The lowest BCUT2D eigenvalue weighted by atomic mass is 10.2. The van der Waals surface area contributed by atoms with Crippen molar-refractivity contribution in [3.63, 3.8) is 0 Å². The van der Waals surface area contributed by atoms with Gasteiger partial charge >= 0.3 is 0 Å². The van der Waals surface area contributed by atoms with E-state index in [2.05, 4.69) is 40.9 Å². The Bertz CT molecular complexity index is 403. The molecule has 2 aromatic rings. The van der Waals surface area contributed by atoms with Gasteiger partial charge in [-0.2, -0.15) is 0 Å². The Morgan fingerprint density at radius 3 is 2.06 bits per heavy atom. The predicted octanol–water partition coefficient (Wildman–Crippen LogP) is 4.84. The van der Waals surface area contributed by atoms with Gasteiger partial charge in [-0.25, -0.2) is 4.98 Å². The van der Waals surface area contributed by atoms with Crippen molar-refractivity contribution >= 4 is 17.8 Å². The van der Waals surface area contributed by atoms with Crippen LogP contribution in [0, 0.1) is 13.8 Å². The van der Waals surface area contributed by atoms with Gasteiger partial charge in [0, 0.05) is 11.1 Å². The summed E-state index contributed by atoms with van der Waals surface area (Å²) in [4.78, 5) is 5.47. The number of anilines is 1. The Labute approximate surface area is 114 Å². The van der Waals surface area contributed by atoms with E-state index in [0.717, 1.165) is 5.82 Å². The molecule has 0 saturated carbocycles. The summed E-state index contributed by atoms with van der Waals surface area (Å²) in [5.41, 5.74) is 2.45. The van der Waals surface area contributed by atoms with Crippen LogP contribution in [0.1, 0.15) is 25.0 Å². The molecule has 0 unspecified atom stereocenters. The fourth-order valence-electron chi connectivity index (χ4n) is 1.25. The summed E-state index contributed by atoms with van der Waals surface area (Å²) in [5.74, 6) is 0.885. The zero-order valence-electron chi connectivity index (χ0n) is 11.4. The number of nitrogens with zero attached hydrogens (tertiary/aromatic N) is 1. The van der Waals surface area contributed by atoms with E-state index in [4.69, 9.17) is 0 Å². The zero-order chi connectivity index (χ0) is 13.4. The molecule has 0 bridgehead atoms. The van der Waals surface area contributed by atoms with Crippen LogP contribution in [0.25, 0.3) is 0 Å². The highest BCUT2D eigenvalue weighted by molar-refractivity contribution is 8.00. The Morgan fingerprint density at radius 1 is 0.889 bits per heavy atom. The lowest BCUT2D eigenvalue weighted by Crippen LogP contribution is -1.90. The summed E-state index contributed by atoms with van der Waals surface area (Å²) >= 11 is 1.58. The van der Waals surface area contributed by atoms with E-state index < -0.39 is 0 Å². The second-order valence-corrected chi connectivity index (χ2v) is 4.62. The van der Waals surface area contributed by atoms with Crippen molar-refractivity contribution in [2.45, 2.75) is 32.6 Å². The Morgan fingerprint density at radius 2 is 1.50 bits per heavy atom. The monoisotopic (exact) mass is 260 g/mol. The largest absolute Gasteiger partial charge is 0.310 e. The van der Waals surface area contributed by atoms with Crippen LogP contribution in [-0.2, 0) is 0 Å². The third-order valence-corrected chi connectivity index (χ3v) is 3.02. The van der Waals surface area contributed by atoms with Crippen LogP contribution in [0.3, 0.4) is 0 Å². The molecule has 0 aliphatic heterocycles. The molecule has 3 heteroatoms. The molecule has 0 amide bonds. The van der Waals surface area contributed by atoms with Gasteiger partial charge in [0.15, 0.2) is 0 Å². The van der Waals surface area contributed by atoms with Crippen molar-refractivity contribution in [2.24, 2.45) is 0 Å². The lowest BCUT2D eigenvalue weighted by Gasteiger charge is -2.04. The first-order chi connectivity index (χ1) is 8.74. The average molecular weight is 260 g/mol. The summed E-state index contributed by atoms with van der Waals surface area (Å²) in [7, 11) is 0. The van der Waals surface area contributed by atoms with Gasteiger partial charge in [-0.15, -0.1) is 0 Å². The second kappa shape index (κ2) is 7.77. The first-order valence-electron chi connectivity index (χ1n) is 6.16. The minimum absolute atomic E-state index is 0.885. The molecule has 2 nitrogen and oxygen atoms in total. The molecule has 1 heterocycles. The summed E-state index contributed by atoms with van der Waals surface area (Å²) in [5, 5.41) is 0. The van der Waals surface area contributed by atoms with Crippen LogP contribution in [0.15, 0.2) is 47.5 Å². The highest BCUT2D eigenvalue weighted by Crippen LogP contribution is 2.19. The van der Waals surface area contributed by atoms with Crippen LogP contribution in [0.4, 0.5) is 5.82 Å². The summed E-state index contributed by atoms with van der Waals surface area (Å²) in [6.07, 6.45) is 1.86. The minimum atomic E-state index is 0.885. The first kappa shape index (κ1) is 14.6. The summed E-state index contributed by atoms with van der Waals surface area (Å²) in [6, 6.07) is 12.4. The topological polar surface area (TPSA) is 24.9 Å². The standard InChI is InChI=1S/C13H14N2S.C2H6/c1-10-3-6-12(7-4-10)16-15-13-8-5-11(2)9-14-13;1-2/h3-9H,1-2H3,(H,14,15);1-2H3. The maximum atomic E-state index is 4.28.